The summed E-state index contributed by atoms with van der Waals surface area (Å²) in [6.45, 7) is 4.62. The number of aliphatic hydroxyl groups excluding tert-OH is 1. The van der Waals surface area contributed by atoms with Crippen LogP contribution in [0.15, 0.2) is 24.3 Å². The molecule has 2 unspecified atom stereocenters. The lowest BCUT2D eigenvalue weighted by Gasteiger charge is -2.33. The monoisotopic (exact) mass is 261 g/mol. The van der Waals surface area contributed by atoms with Crippen LogP contribution in [-0.4, -0.2) is 17.3 Å². The maximum atomic E-state index is 9.89. The zero-order valence-corrected chi connectivity index (χ0v) is 12.3. The molecule has 1 aliphatic carbocycles. The van der Waals surface area contributed by atoms with Crippen molar-refractivity contribution in [1.29, 1.82) is 0 Å². The molecule has 0 heterocycles. The van der Waals surface area contributed by atoms with Gasteiger partial charge in [-0.3, -0.25) is 0 Å². The molecule has 0 aromatic heterocycles. The van der Waals surface area contributed by atoms with Crippen LogP contribution in [0, 0.1) is 12.8 Å². The molecule has 1 aromatic rings. The average Bonchev–Trinajstić information content (AvgIpc) is 2.62. The quantitative estimate of drug-likeness (QED) is 0.799. The van der Waals surface area contributed by atoms with E-state index in [4.69, 9.17) is 0 Å². The van der Waals surface area contributed by atoms with Crippen molar-refractivity contribution in [3.05, 3.63) is 29.8 Å². The fourth-order valence-corrected chi connectivity index (χ4v) is 3.24. The summed E-state index contributed by atoms with van der Waals surface area (Å²) in [6, 6.07) is 8.46. The molecule has 1 aromatic carbocycles. The highest BCUT2D eigenvalue weighted by molar-refractivity contribution is 5.47. The number of benzene rings is 1. The lowest BCUT2D eigenvalue weighted by atomic mass is 9.89. The van der Waals surface area contributed by atoms with Gasteiger partial charge in [0.25, 0.3) is 0 Å². The number of rotatable bonds is 4. The highest BCUT2D eigenvalue weighted by Crippen LogP contribution is 2.34. The van der Waals surface area contributed by atoms with Gasteiger partial charge in [0.1, 0.15) is 0 Å². The molecule has 0 radical (unpaired) electrons. The summed E-state index contributed by atoms with van der Waals surface area (Å²) in [4.78, 5) is 0. The molecule has 1 saturated carbocycles. The van der Waals surface area contributed by atoms with Crippen molar-refractivity contribution in [2.75, 3.05) is 11.9 Å². The third kappa shape index (κ3) is 3.73. The lowest BCUT2D eigenvalue weighted by molar-refractivity contribution is 0.194. The maximum absolute atomic E-state index is 9.89. The number of aryl methyl sites for hydroxylation is 1. The minimum absolute atomic E-state index is 0.113. The fraction of sp³-hybridized carbons (Fsp3) is 0.647. The number of hydrogen-bond donors (Lipinski definition) is 2. The van der Waals surface area contributed by atoms with Crippen LogP contribution in [0.3, 0.4) is 0 Å². The van der Waals surface area contributed by atoms with Crippen molar-refractivity contribution >= 4 is 5.69 Å². The predicted molar refractivity (Wildman–Crippen MR) is 81.5 cm³/mol. The minimum Gasteiger partial charge on any atom is -0.394 e. The van der Waals surface area contributed by atoms with Crippen molar-refractivity contribution in [3.8, 4) is 0 Å². The molecule has 2 atom stereocenters. The van der Waals surface area contributed by atoms with Crippen molar-refractivity contribution in [3.63, 3.8) is 0 Å². The molecule has 0 spiro atoms. The van der Waals surface area contributed by atoms with E-state index in [-0.39, 0.29) is 12.1 Å². The zero-order valence-electron chi connectivity index (χ0n) is 12.3. The first-order chi connectivity index (χ1) is 9.17. The molecule has 2 heteroatoms. The molecule has 0 aliphatic heterocycles. The Hall–Kier alpha value is -1.02. The first-order valence-electron chi connectivity index (χ1n) is 7.63. The fourth-order valence-electron chi connectivity index (χ4n) is 3.24. The van der Waals surface area contributed by atoms with Gasteiger partial charge in [0.15, 0.2) is 0 Å². The second kappa shape index (κ2) is 6.42. The van der Waals surface area contributed by atoms with Gasteiger partial charge in [0.2, 0.25) is 0 Å². The molecular weight excluding hydrogens is 234 g/mol. The third-order valence-electron chi connectivity index (χ3n) is 4.61. The smallest absolute Gasteiger partial charge is 0.0661 e. The second-order valence-electron chi connectivity index (χ2n) is 6.14. The number of nitrogens with one attached hydrogen (secondary N) is 1. The largest absolute Gasteiger partial charge is 0.394 e. The molecule has 0 amide bonds. The van der Waals surface area contributed by atoms with Gasteiger partial charge < -0.3 is 10.4 Å². The average molecular weight is 261 g/mol. The molecule has 2 nitrogen and oxygen atoms in total. The number of aliphatic hydroxyl groups is 1. The van der Waals surface area contributed by atoms with Crippen LogP contribution in [0.5, 0.6) is 0 Å². The van der Waals surface area contributed by atoms with Gasteiger partial charge in [-0.2, -0.15) is 0 Å². The van der Waals surface area contributed by atoms with E-state index in [1.165, 1.54) is 31.2 Å². The molecule has 2 N–H and O–H groups in total. The summed E-state index contributed by atoms with van der Waals surface area (Å²) in [5.41, 5.74) is 2.29. The zero-order chi connectivity index (χ0) is 13.7. The Labute approximate surface area is 117 Å². The lowest BCUT2D eigenvalue weighted by Crippen LogP contribution is -2.41. The Morgan fingerprint density at radius 1 is 1.32 bits per heavy atom. The highest BCUT2D eigenvalue weighted by Gasteiger charge is 2.32. The summed E-state index contributed by atoms with van der Waals surface area (Å²) in [6.07, 6.45) is 7.19. The van der Waals surface area contributed by atoms with Gasteiger partial charge in [-0.1, -0.05) is 38.3 Å². The minimum atomic E-state index is -0.113. The number of anilines is 1. The van der Waals surface area contributed by atoms with Crippen molar-refractivity contribution in [1.82, 2.24) is 0 Å². The third-order valence-corrected chi connectivity index (χ3v) is 4.61. The SMILES string of the molecule is CCC1CCCC(CO)(Nc2cccc(C)c2)CC1. The summed E-state index contributed by atoms with van der Waals surface area (Å²) < 4.78 is 0. The van der Waals surface area contributed by atoms with E-state index in [2.05, 4.69) is 43.4 Å². The Bertz CT molecular complexity index is 404. The summed E-state index contributed by atoms with van der Waals surface area (Å²) in [5, 5.41) is 13.5. The van der Waals surface area contributed by atoms with E-state index in [9.17, 15) is 5.11 Å². The highest BCUT2D eigenvalue weighted by atomic mass is 16.3. The Morgan fingerprint density at radius 2 is 2.16 bits per heavy atom. The topological polar surface area (TPSA) is 32.3 Å². The standard InChI is InChI=1S/C17H27NO/c1-3-15-7-5-10-17(13-19,11-9-15)18-16-8-4-6-14(2)12-16/h4,6,8,12,15,18-19H,3,5,7,9-11,13H2,1-2H3. The maximum Gasteiger partial charge on any atom is 0.0661 e. The van der Waals surface area contributed by atoms with Gasteiger partial charge in [-0.25, -0.2) is 0 Å². The normalized spacial score (nSPS) is 27.8. The first-order valence-corrected chi connectivity index (χ1v) is 7.63. The van der Waals surface area contributed by atoms with Gasteiger partial charge in [0.05, 0.1) is 12.1 Å². The van der Waals surface area contributed by atoms with Crippen LogP contribution in [0.25, 0.3) is 0 Å². The number of hydrogen-bond acceptors (Lipinski definition) is 2. The molecular formula is C17H27NO. The van der Waals surface area contributed by atoms with E-state index < -0.39 is 0 Å². The molecule has 19 heavy (non-hydrogen) atoms. The van der Waals surface area contributed by atoms with E-state index in [1.807, 2.05) is 0 Å². The van der Waals surface area contributed by atoms with Crippen LogP contribution in [0.1, 0.15) is 51.0 Å². The van der Waals surface area contributed by atoms with Crippen LogP contribution in [0.4, 0.5) is 5.69 Å². The molecule has 1 aliphatic rings. The summed E-state index contributed by atoms with van der Waals surface area (Å²) >= 11 is 0. The predicted octanol–water partition coefficient (Wildman–Crippen LogP) is 4.13. The van der Waals surface area contributed by atoms with Crippen molar-refractivity contribution in [2.24, 2.45) is 5.92 Å². The van der Waals surface area contributed by atoms with E-state index in [0.29, 0.717) is 0 Å². The molecule has 106 valence electrons. The van der Waals surface area contributed by atoms with E-state index in [1.54, 1.807) is 0 Å². The van der Waals surface area contributed by atoms with Crippen LogP contribution >= 0.6 is 0 Å². The second-order valence-corrected chi connectivity index (χ2v) is 6.14. The Balaban J connectivity index is 2.09. The Morgan fingerprint density at radius 3 is 2.84 bits per heavy atom. The molecule has 2 rings (SSSR count). The Kier molecular flexibility index (Phi) is 4.87. The molecule has 0 bridgehead atoms. The summed E-state index contributed by atoms with van der Waals surface area (Å²) in [5.74, 6) is 0.840. The van der Waals surface area contributed by atoms with Crippen molar-refractivity contribution in [2.45, 2.75) is 57.9 Å². The van der Waals surface area contributed by atoms with Gasteiger partial charge in [-0.15, -0.1) is 0 Å². The van der Waals surface area contributed by atoms with Crippen LogP contribution in [0.2, 0.25) is 0 Å². The van der Waals surface area contributed by atoms with Crippen molar-refractivity contribution < 1.29 is 5.11 Å². The summed E-state index contributed by atoms with van der Waals surface area (Å²) in [7, 11) is 0. The first kappa shape index (κ1) is 14.4. The van der Waals surface area contributed by atoms with Gasteiger partial charge in [-0.05, 0) is 49.8 Å². The van der Waals surface area contributed by atoms with Crippen LogP contribution in [-0.2, 0) is 0 Å². The van der Waals surface area contributed by atoms with E-state index >= 15 is 0 Å². The van der Waals surface area contributed by atoms with Crippen LogP contribution < -0.4 is 5.32 Å². The molecule has 0 saturated heterocycles. The van der Waals surface area contributed by atoms with E-state index in [0.717, 1.165) is 24.4 Å². The molecule has 1 fully saturated rings. The van der Waals surface area contributed by atoms with Gasteiger partial charge in [0, 0.05) is 5.69 Å². The van der Waals surface area contributed by atoms with Gasteiger partial charge >= 0.3 is 0 Å².